The third-order valence-electron chi connectivity index (χ3n) is 1.73. The van der Waals surface area contributed by atoms with Gasteiger partial charge in [0.15, 0.2) is 0 Å². The van der Waals surface area contributed by atoms with Crippen molar-refractivity contribution in [1.82, 2.24) is 0 Å². The number of alkyl halides is 1. The Morgan fingerprint density at radius 1 is 1.60 bits per heavy atom. The maximum Gasteiger partial charge on any atom is 0.131 e. The Hall–Kier alpha value is 0.265. The predicted octanol–water partition coefficient (Wildman–Crippen LogP) is -1.25. The van der Waals surface area contributed by atoms with Crippen LogP contribution in [0.25, 0.3) is 0 Å². The zero-order valence-corrected chi connectivity index (χ0v) is 6.51. The summed E-state index contributed by atoms with van der Waals surface area (Å²) in [5.41, 5.74) is 0. The van der Waals surface area contributed by atoms with Crippen molar-refractivity contribution in [3.05, 3.63) is 0 Å². The normalized spacial score (nSPS) is 47.9. The van der Waals surface area contributed by atoms with Gasteiger partial charge in [0.1, 0.15) is 14.0 Å². The molecule has 0 bridgehead atoms. The fourth-order valence-electron chi connectivity index (χ4n) is 1.07. The van der Waals surface area contributed by atoms with Gasteiger partial charge in [-0.3, -0.25) is 0 Å². The highest BCUT2D eigenvalue weighted by molar-refractivity contribution is 8.02. The topological polar surface area (TPSA) is 40.5 Å². The van der Waals surface area contributed by atoms with Crippen LogP contribution in [0.2, 0.25) is 0 Å². The minimum absolute atomic E-state index is 0.142. The molecule has 0 aromatic carbocycles. The standard InChI is InChI=1S/C5H10BFO2S/c6-5-3(7)4(9)2(1-8)10-5/h2-5,8-9H,1,6H2/t2-,3-,4-,5?/m1/s1. The molecule has 0 aromatic heterocycles. The zero-order valence-electron chi connectivity index (χ0n) is 5.70. The van der Waals surface area contributed by atoms with Gasteiger partial charge >= 0.3 is 0 Å². The van der Waals surface area contributed by atoms with Gasteiger partial charge in [-0.15, -0.1) is 0 Å². The quantitative estimate of drug-likeness (QED) is 0.476. The second-order valence-electron chi connectivity index (χ2n) is 2.50. The molecule has 1 heterocycles. The van der Waals surface area contributed by atoms with Gasteiger partial charge in [0.2, 0.25) is 0 Å². The molecule has 58 valence electrons. The largest absolute Gasteiger partial charge is 0.395 e. The predicted molar refractivity (Wildman–Crippen MR) is 41.7 cm³/mol. The average Bonchev–Trinajstić information content (AvgIpc) is 2.17. The van der Waals surface area contributed by atoms with Crippen LogP contribution in [-0.4, -0.2) is 47.3 Å². The number of halogens is 1. The van der Waals surface area contributed by atoms with Gasteiger partial charge in [-0.2, -0.15) is 11.8 Å². The fraction of sp³-hybridized carbons (Fsp3) is 1.00. The van der Waals surface area contributed by atoms with Crippen LogP contribution in [0.5, 0.6) is 0 Å². The fourth-order valence-corrected chi connectivity index (χ4v) is 2.32. The first-order chi connectivity index (χ1) is 4.66. The molecule has 10 heavy (non-hydrogen) atoms. The Morgan fingerprint density at radius 2 is 2.20 bits per heavy atom. The first kappa shape index (κ1) is 8.36. The van der Waals surface area contributed by atoms with E-state index >= 15 is 0 Å². The summed E-state index contributed by atoms with van der Waals surface area (Å²) in [7, 11) is 1.72. The molecule has 0 spiro atoms. The van der Waals surface area contributed by atoms with Crippen LogP contribution >= 0.6 is 11.8 Å². The summed E-state index contributed by atoms with van der Waals surface area (Å²) in [6.45, 7) is -0.142. The Bertz CT molecular complexity index is 126. The second-order valence-corrected chi connectivity index (χ2v) is 4.12. The Morgan fingerprint density at radius 3 is 2.40 bits per heavy atom. The minimum Gasteiger partial charge on any atom is -0.395 e. The number of thioether (sulfide) groups is 1. The molecular formula is C5H10BFO2S. The molecule has 0 radical (unpaired) electrons. The van der Waals surface area contributed by atoms with E-state index in [1.807, 2.05) is 0 Å². The van der Waals surface area contributed by atoms with E-state index in [9.17, 15) is 4.39 Å². The molecule has 1 unspecified atom stereocenters. The monoisotopic (exact) mass is 164 g/mol. The zero-order chi connectivity index (χ0) is 7.72. The van der Waals surface area contributed by atoms with Gasteiger partial charge in [0.05, 0.1) is 18.0 Å². The van der Waals surface area contributed by atoms with Crippen molar-refractivity contribution in [3.63, 3.8) is 0 Å². The smallest absolute Gasteiger partial charge is 0.131 e. The van der Waals surface area contributed by atoms with Crippen LogP contribution < -0.4 is 0 Å². The third kappa shape index (κ3) is 1.31. The molecule has 1 rings (SSSR count). The summed E-state index contributed by atoms with van der Waals surface area (Å²) in [6, 6.07) is 0. The molecule has 0 saturated carbocycles. The molecule has 1 aliphatic rings. The SMILES string of the molecule is BC1S[C@H](CO)[C@@H](O)[C@H]1F. The molecule has 0 amide bonds. The van der Waals surface area contributed by atoms with E-state index in [-0.39, 0.29) is 17.0 Å². The summed E-state index contributed by atoms with van der Waals surface area (Å²) in [4.78, 5) is 0. The summed E-state index contributed by atoms with van der Waals surface area (Å²) >= 11 is 1.31. The summed E-state index contributed by atoms with van der Waals surface area (Å²) < 4.78 is 12.8. The van der Waals surface area contributed by atoms with Gasteiger partial charge in [-0.05, 0) is 0 Å². The maximum absolute atomic E-state index is 12.8. The number of hydrogen-bond acceptors (Lipinski definition) is 3. The Kier molecular flexibility index (Phi) is 2.60. The van der Waals surface area contributed by atoms with Gasteiger partial charge in [0, 0.05) is 5.15 Å². The third-order valence-corrected chi connectivity index (χ3v) is 3.19. The van der Waals surface area contributed by atoms with E-state index in [2.05, 4.69) is 0 Å². The van der Waals surface area contributed by atoms with Crippen molar-refractivity contribution >= 4 is 19.6 Å². The Balaban J connectivity index is 2.53. The summed E-state index contributed by atoms with van der Waals surface area (Å²) in [5, 5.41) is 17.2. The highest BCUT2D eigenvalue weighted by Crippen LogP contribution is 2.33. The lowest BCUT2D eigenvalue weighted by Crippen LogP contribution is -2.30. The molecule has 5 heteroatoms. The van der Waals surface area contributed by atoms with Gasteiger partial charge in [0.25, 0.3) is 0 Å². The number of aliphatic hydroxyl groups is 2. The maximum atomic E-state index is 12.8. The molecule has 2 nitrogen and oxygen atoms in total. The molecule has 4 atom stereocenters. The van der Waals surface area contributed by atoms with Crippen molar-refractivity contribution in [2.45, 2.75) is 22.7 Å². The van der Waals surface area contributed by atoms with Crippen molar-refractivity contribution in [2.24, 2.45) is 0 Å². The highest BCUT2D eigenvalue weighted by atomic mass is 32.2. The van der Waals surface area contributed by atoms with E-state index in [0.717, 1.165) is 0 Å². The van der Waals surface area contributed by atoms with Crippen molar-refractivity contribution < 1.29 is 14.6 Å². The molecule has 0 aliphatic carbocycles. The van der Waals surface area contributed by atoms with Crippen molar-refractivity contribution in [3.8, 4) is 0 Å². The highest BCUT2D eigenvalue weighted by Gasteiger charge is 2.40. The Labute approximate surface area is 64.2 Å². The second kappa shape index (κ2) is 3.11. The summed E-state index contributed by atoms with van der Waals surface area (Å²) in [6.07, 6.45) is -2.16. The van der Waals surface area contributed by atoms with E-state index in [0.29, 0.717) is 0 Å². The van der Waals surface area contributed by atoms with E-state index in [1.165, 1.54) is 11.8 Å². The number of rotatable bonds is 1. The molecular weight excluding hydrogens is 154 g/mol. The first-order valence-corrected chi connectivity index (χ1v) is 4.19. The molecule has 0 aromatic rings. The average molecular weight is 164 g/mol. The van der Waals surface area contributed by atoms with Crippen LogP contribution in [-0.2, 0) is 0 Å². The van der Waals surface area contributed by atoms with Gasteiger partial charge < -0.3 is 10.2 Å². The summed E-state index contributed by atoms with van der Waals surface area (Å²) in [5.74, 6) is 0. The molecule has 1 fully saturated rings. The van der Waals surface area contributed by atoms with Gasteiger partial charge in [-0.1, -0.05) is 0 Å². The number of aliphatic hydroxyl groups excluding tert-OH is 2. The molecule has 2 N–H and O–H groups in total. The molecule has 1 saturated heterocycles. The lowest BCUT2D eigenvalue weighted by molar-refractivity contribution is 0.0783. The van der Waals surface area contributed by atoms with E-state index < -0.39 is 12.3 Å². The number of hydrogen-bond donors (Lipinski definition) is 2. The minimum atomic E-state index is -1.18. The molecule has 1 aliphatic heterocycles. The van der Waals surface area contributed by atoms with E-state index in [4.69, 9.17) is 10.2 Å². The van der Waals surface area contributed by atoms with Crippen LogP contribution in [0, 0.1) is 0 Å². The van der Waals surface area contributed by atoms with Crippen LogP contribution in [0.3, 0.4) is 0 Å². The van der Waals surface area contributed by atoms with Crippen LogP contribution in [0.1, 0.15) is 0 Å². The lowest BCUT2D eigenvalue weighted by Gasteiger charge is -2.10. The van der Waals surface area contributed by atoms with Crippen LogP contribution in [0.15, 0.2) is 0 Å². The van der Waals surface area contributed by atoms with Crippen molar-refractivity contribution in [2.75, 3.05) is 6.61 Å². The van der Waals surface area contributed by atoms with E-state index in [1.54, 1.807) is 7.85 Å². The van der Waals surface area contributed by atoms with Crippen molar-refractivity contribution in [1.29, 1.82) is 0 Å². The van der Waals surface area contributed by atoms with Gasteiger partial charge in [-0.25, -0.2) is 4.39 Å². The lowest BCUT2D eigenvalue weighted by atomic mass is 9.95. The van der Waals surface area contributed by atoms with Crippen LogP contribution in [0.4, 0.5) is 4.39 Å². The first-order valence-electron chi connectivity index (χ1n) is 3.25.